The number of hydrogen-bond acceptors (Lipinski definition) is 3. The first-order valence-corrected chi connectivity index (χ1v) is 4.18. The monoisotopic (exact) mass is 158 g/mol. The molecule has 0 aliphatic heterocycles. The minimum absolute atomic E-state index is 0.0194. The average Bonchev–Trinajstić information content (AvgIpc) is 2.00. The van der Waals surface area contributed by atoms with Crippen LogP contribution in [0.15, 0.2) is 0 Å². The Morgan fingerprint density at radius 1 is 1.55 bits per heavy atom. The molecule has 66 valence electrons. The molecule has 11 heavy (non-hydrogen) atoms. The fourth-order valence-corrected chi connectivity index (χ4v) is 0.919. The van der Waals surface area contributed by atoms with Gasteiger partial charge in [0.1, 0.15) is 5.78 Å². The van der Waals surface area contributed by atoms with E-state index in [0.29, 0.717) is 19.4 Å². The zero-order valence-electron chi connectivity index (χ0n) is 7.18. The molecular formula is C8H18N2O. The van der Waals surface area contributed by atoms with E-state index in [4.69, 9.17) is 11.5 Å². The molecule has 0 aromatic rings. The largest absolute Gasteiger partial charge is 0.330 e. The summed E-state index contributed by atoms with van der Waals surface area (Å²) in [6, 6.07) is 0.0194. The quantitative estimate of drug-likeness (QED) is 0.588. The third-order valence-corrected chi connectivity index (χ3v) is 1.66. The molecule has 3 nitrogen and oxygen atoms in total. The van der Waals surface area contributed by atoms with Gasteiger partial charge in [0.05, 0.1) is 0 Å². The van der Waals surface area contributed by atoms with Gasteiger partial charge in [-0.2, -0.15) is 0 Å². The summed E-state index contributed by atoms with van der Waals surface area (Å²) < 4.78 is 0. The van der Waals surface area contributed by atoms with Crippen LogP contribution in [0.5, 0.6) is 0 Å². The lowest BCUT2D eigenvalue weighted by Gasteiger charge is -2.08. The Kier molecular flexibility index (Phi) is 6.07. The number of rotatable bonds is 6. The summed E-state index contributed by atoms with van der Waals surface area (Å²) in [6.07, 6.45) is 2.88. The van der Waals surface area contributed by atoms with Gasteiger partial charge >= 0.3 is 0 Å². The van der Waals surface area contributed by atoms with Gasteiger partial charge in [0, 0.05) is 18.9 Å². The average molecular weight is 158 g/mol. The Balaban J connectivity index is 3.35. The molecular weight excluding hydrogens is 140 g/mol. The summed E-state index contributed by atoms with van der Waals surface area (Å²) >= 11 is 0. The minimum atomic E-state index is 0.0194. The molecule has 0 aliphatic carbocycles. The van der Waals surface area contributed by atoms with E-state index in [1.807, 2.05) is 6.92 Å². The predicted molar refractivity (Wildman–Crippen MR) is 46.2 cm³/mol. The van der Waals surface area contributed by atoms with Gasteiger partial charge in [-0.05, 0) is 19.4 Å². The summed E-state index contributed by atoms with van der Waals surface area (Å²) in [7, 11) is 0. The van der Waals surface area contributed by atoms with Crippen LogP contribution < -0.4 is 11.5 Å². The van der Waals surface area contributed by atoms with Crippen molar-refractivity contribution in [3.63, 3.8) is 0 Å². The lowest BCUT2D eigenvalue weighted by molar-refractivity contribution is -0.119. The maximum Gasteiger partial charge on any atom is 0.134 e. The fraction of sp³-hybridized carbons (Fsp3) is 0.875. The zero-order valence-corrected chi connectivity index (χ0v) is 7.18. The lowest BCUT2D eigenvalue weighted by Crippen LogP contribution is -2.24. The molecule has 0 spiro atoms. The molecule has 1 atom stereocenters. The van der Waals surface area contributed by atoms with Crippen molar-refractivity contribution in [1.82, 2.24) is 0 Å². The van der Waals surface area contributed by atoms with Gasteiger partial charge in [-0.15, -0.1) is 0 Å². The summed E-state index contributed by atoms with van der Waals surface area (Å²) in [5.74, 6) is 0.245. The van der Waals surface area contributed by atoms with Crippen LogP contribution in [-0.4, -0.2) is 18.4 Å². The molecule has 0 aromatic heterocycles. The normalized spacial score (nSPS) is 13.0. The highest BCUT2D eigenvalue weighted by Gasteiger charge is 2.06. The summed E-state index contributed by atoms with van der Waals surface area (Å²) in [5.41, 5.74) is 11.0. The summed E-state index contributed by atoms with van der Waals surface area (Å²) in [6.45, 7) is 2.52. The van der Waals surface area contributed by atoms with Gasteiger partial charge < -0.3 is 11.5 Å². The predicted octanol–water partition coefficient (Wildman–Crippen LogP) is 0.422. The van der Waals surface area contributed by atoms with Gasteiger partial charge in [0.25, 0.3) is 0 Å². The van der Waals surface area contributed by atoms with E-state index in [9.17, 15) is 4.79 Å². The Hall–Kier alpha value is -0.410. The molecule has 3 heteroatoms. The number of hydrogen-bond donors (Lipinski definition) is 2. The van der Waals surface area contributed by atoms with Crippen LogP contribution >= 0.6 is 0 Å². The zero-order chi connectivity index (χ0) is 8.69. The van der Waals surface area contributed by atoms with E-state index >= 15 is 0 Å². The highest BCUT2D eigenvalue weighted by molar-refractivity contribution is 5.78. The first-order chi connectivity index (χ1) is 5.20. The second-order valence-corrected chi connectivity index (χ2v) is 2.79. The van der Waals surface area contributed by atoms with Crippen molar-refractivity contribution in [2.45, 2.75) is 38.6 Å². The highest BCUT2D eigenvalue weighted by atomic mass is 16.1. The molecule has 0 aromatic carbocycles. The van der Waals surface area contributed by atoms with Gasteiger partial charge in [-0.25, -0.2) is 0 Å². The molecule has 0 heterocycles. The second kappa shape index (κ2) is 6.31. The number of nitrogens with two attached hydrogens (primary N) is 2. The van der Waals surface area contributed by atoms with E-state index in [0.717, 1.165) is 12.8 Å². The minimum Gasteiger partial charge on any atom is -0.330 e. The van der Waals surface area contributed by atoms with Crippen molar-refractivity contribution in [3.05, 3.63) is 0 Å². The van der Waals surface area contributed by atoms with Crippen molar-refractivity contribution in [2.24, 2.45) is 11.5 Å². The highest BCUT2D eigenvalue weighted by Crippen LogP contribution is 2.00. The molecule has 0 amide bonds. The van der Waals surface area contributed by atoms with Crippen LogP contribution in [0, 0.1) is 0 Å². The molecule has 0 rings (SSSR count). The Morgan fingerprint density at radius 2 is 2.18 bits per heavy atom. The van der Waals surface area contributed by atoms with E-state index < -0.39 is 0 Å². The third kappa shape index (κ3) is 6.01. The number of carbonyl (C=O) groups is 1. The lowest BCUT2D eigenvalue weighted by atomic mass is 10.1. The van der Waals surface area contributed by atoms with Crippen molar-refractivity contribution in [2.75, 3.05) is 6.54 Å². The molecule has 1 unspecified atom stereocenters. The number of Topliss-reactive ketones (excluding diaryl/α,β-unsaturated/α-hetero) is 1. The van der Waals surface area contributed by atoms with Crippen molar-refractivity contribution in [1.29, 1.82) is 0 Å². The smallest absolute Gasteiger partial charge is 0.134 e. The van der Waals surface area contributed by atoms with Gasteiger partial charge in [-0.1, -0.05) is 6.92 Å². The first-order valence-electron chi connectivity index (χ1n) is 4.18. The van der Waals surface area contributed by atoms with E-state index in [1.54, 1.807) is 0 Å². The van der Waals surface area contributed by atoms with Gasteiger partial charge in [0.15, 0.2) is 0 Å². The van der Waals surface area contributed by atoms with E-state index in [-0.39, 0.29) is 11.8 Å². The van der Waals surface area contributed by atoms with Crippen LogP contribution in [0.3, 0.4) is 0 Å². The van der Waals surface area contributed by atoms with Crippen molar-refractivity contribution < 1.29 is 4.79 Å². The van der Waals surface area contributed by atoms with Crippen LogP contribution in [-0.2, 0) is 4.79 Å². The summed E-state index contributed by atoms with van der Waals surface area (Å²) in [4.78, 5) is 10.9. The van der Waals surface area contributed by atoms with Crippen LogP contribution in [0.25, 0.3) is 0 Å². The maximum atomic E-state index is 10.9. The van der Waals surface area contributed by atoms with Gasteiger partial charge in [-0.3, -0.25) is 4.79 Å². The molecule has 0 bridgehead atoms. The Bertz CT molecular complexity index is 115. The standard InChI is InChI=1S/C8H18N2O/c1-2-8(11)6-7(10)4-3-5-9/h7H,2-6,9-10H2,1H3. The van der Waals surface area contributed by atoms with Crippen LogP contribution in [0.1, 0.15) is 32.6 Å². The van der Waals surface area contributed by atoms with Crippen LogP contribution in [0.2, 0.25) is 0 Å². The number of carbonyl (C=O) groups excluding carboxylic acids is 1. The van der Waals surface area contributed by atoms with Crippen LogP contribution in [0.4, 0.5) is 0 Å². The topological polar surface area (TPSA) is 69.1 Å². The molecule has 4 N–H and O–H groups in total. The van der Waals surface area contributed by atoms with Crippen molar-refractivity contribution in [3.8, 4) is 0 Å². The second-order valence-electron chi connectivity index (χ2n) is 2.79. The Labute approximate surface area is 68.1 Å². The molecule has 0 fully saturated rings. The van der Waals surface area contributed by atoms with Crippen molar-refractivity contribution >= 4 is 5.78 Å². The molecule has 0 aliphatic rings. The van der Waals surface area contributed by atoms with E-state index in [2.05, 4.69) is 0 Å². The first kappa shape index (κ1) is 10.6. The maximum absolute atomic E-state index is 10.9. The fourth-order valence-electron chi connectivity index (χ4n) is 0.919. The van der Waals surface area contributed by atoms with Gasteiger partial charge in [0.2, 0.25) is 0 Å². The third-order valence-electron chi connectivity index (χ3n) is 1.66. The molecule has 0 saturated heterocycles. The Morgan fingerprint density at radius 3 is 2.64 bits per heavy atom. The van der Waals surface area contributed by atoms with E-state index in [1.165, 1.54) is 0 Å². The molecule has 0 saturated carbocycles. The SMILES string of the molecule is CCC(=O)CC(N)CCCN. The molecule has 0 radical (unpaired) electrons. The number of ketones is 1. The summed E-state index contributed by atoms with van der Waals surface area (Å²) in [5, 5.41) is 0.